The Balaban J connectivity index is 1.81. The molecule has 1 aromatic heterocycles. The van der Waals surface area contributed by atoms with Crippen molar-refractivity contribution >= 4 is 22.4 Å². The van der Waals surface area contributed by atoms with Gasteiger partial charge in [-0.15, -0.1) is 17.9 Å². The molecule has 0 spiro atoms. The molecule has 0 aliphatic heterocycles. The fourth-order valence-corrected chi connectivity index (χ4v) is 4.30. The predicted molar refractivity (Wildman–Crippen MR) is 105 cm³/mol. The minimum atomic E-state index is 0.00298. The van der Waals surface area contributed by atoms with E-state index in [4.69, 9.17) is 14.5 Å². The number of anilines is 1. The Morgan fingerprint density at radius 3 is 2.73 bits per heavy atom. The number of carbonyl (C=O) groups is 1. The summed E-state index contributed by atoms with van der Waals surface area (Å²) in [6.07, 6.45) is 6.48. The Morgan fingerprint density at radius 2 is 2.04 bits per heavy atom. The number of aryl methyl sites for hydroxylation is 2. The van der Waals surface area contributed by atoms with Crippen LogP contribution >= 0.6 is 11.3 Å². The lowest BCUT2D eigenvalue weighted by atomic mass is 10.0. The zero-order valence-electron chi connectivity index (χ0n) is 15.3. The van der Waals surface area contributed by atoms with Crippen molar-refractivity contribution in [3.8, 4) is 11.5 Å². The van der Waals surface area contributed by atoms with Crippen molar-refractivity contribution in [2.75, 3.05) is 25.7 Å². The molecular formula is C20H24N2O3S. The molecule has 1 aromatic carbocycles. The van der Waals surface area contributed by atoms with E-state index < -0.39 is 0 Å². The number of carbonyl (C=O) groups excluding carboxylic acids is 1. The van der Waals surface area contributed by atoms with Crippen LogP contribution in [-0.2, 0) is 24.1 Å². The van der Waals surface area contributed by atoms with Gasteiger partial charge in [0.1, 0.15) is 0 Å². The van der Waals surface area contributed by atoms with E-state index in [-0.39, 0.29) is 12.3 Å². The summed E-state index contributed by atoms with van der Waals surface area (Å²) >= 11 is 1.64. The van der Waals surface area contributed by atoms with Gasteiger partial charge in [0, 0.05) is 11.4 Å². The molecule has 5 nitrogen and oxygen atoms in total. The molecule has 0 N–H and O–H groups in total. The molecule has 3 rings (SSSR count). The van der Waals surface area contributed by atoms with Gasteiger partial charge < -0.3 is 9.47 Å². The normalized spacial score (nSPS) is 13.0. The molecule has 26 heavy (non-hydrogen) atoms. The van der Waals surface area contributed by atoms with E-state index in [9.17, 15) is 4.79 Å². The molecule has 2 aromatic rings. The lowest BCUT2D eigenvalue weighted by Crippen LogP contribution is -2.32. The molecule has 6 heteroatoms. The maximum absolute atomic E-state index is 12.9. The van der Waals surface area contributed by atoms with Crippen molar-refractivity contribution in [1.29, 1.82) is 0 Å². The van der Waals surface area contributed by atoms with Gasteiger partial charge >= 0.3 is 0 Å². The Hall–Kier alpha value is -2.34. The van der Waals surface area contributed by atoms with Crippen LogP contribution in [0.3, 0.4) is 0 Å². The van der Waals surface area contributed by atoms with E-state index in [1.54, 1.807) is 36.5 Å². The van der Waals surface area contributed by atoms with E-state index in [0.29, 0.717) is 18.0 Å². The number of rotatable bonds is 7. The first-order valence-corrected chi connectivity index (χ1v) is 9.58. The number of fused-ring (bicyclic) bond motifs is 1. The average molecular weight is 372 g/mol. The first kappa shape index (κ1) is 18.5. The van der Waals surface area contributed by atoms with Crippen LogP contribution in [-0.4, -0.2) is 31.7 Å². The third-order valence-electron chi connectivity index (χ3n) is 4.48. The van der Waals surface area contributed by atoms with Crippen LogP contribution < -0.4 is 14.4 Å². The maximum atomic E-state index is 12.9. The zero-order valence-corrected chi connectivity index (χ0v) is 16.1. The van der Waals surface area contributed by atoms with Crippen molar-refractivity contribution in [2.24, 2.45) is 0 Å². The highest BCUT2D eigenvalue weighted by molar-refractivity contribution is 7.16. The molecule has 1 aliphatic carbocycles. The van der Waals surface area contributed by atoms with Crippen LogP contribution in [0, 0.1) is 0 Å². The highest BCUT2D eigenvalue weighted by Crippen LogP contribution is 2.32. The van der Waals surface area contributed by atoms with Crippen LogP contribution in [0.25, 0.3) is 0 Å². The number of hydrogen-bond acceptors (Lipinski definition) is 5. The highest BCUT2D eigenvalue weighted by atomic mass is 32.1. The smallest absolute Gasteiger partial charge is 0.233 e. The molecule has 1 heterocycles. The van der Waals surface area contributed by atoms with Crippen molar-refractivity contribution in [2.45, 2.75) is 32.1 Å². The average Bonchev–Trinajstić information content (AvgIpc) is 3.09. The summed E-state index contributed by atoms with van der Waals surface area (Å²) in [5.74, 6) is 1.28. The summed E-state index contributed by atoms with van der Waals surface area (Å²) in [7, 11) is 3.19. The molecular weight excluding hydrogens is 348 g/mol. The second-order valence-corrected chi connectivity index (χ2v) is 7.29. The number of hydrogen-bond donors (Lipinski definition) is 0. The van der Waals surface area contributed by atoms with E-state index >= 15 is 0 Å². The molecule has 1 amide bonds. The fourth-order valence-electron chi connectivity index (χ4n) is 3.13. The summed E-state index contributed by atoms with van der Waals surface area (Å²) in [6, 6.07) is 5.55. The molecule has 0 saturated carbocycles. The number of methoxy groups -OCH3 is 2. The molecule has 0 atom stereocenters. The standard InChI is InChI=1S/C20H24N2O3S/c1-4-11-22(20-21-15-7-5-6-8-18(15)26-20)19(23)13-14-9-10-16(24-2)17(12-14)25-3/h4,9-10,12H,1,5-8,11,13H2,2-3H3. The number of aromatic nitrogens is 1. The Bertz CT molecular complexity index is 777. The molecule has 0 bridgehead atoms. The lowest BCUT2D eigenvalue weighted by Gasteiger charge is -2.18. The molecule has 0 saturated heterocycles. The second kappa shape index (κ2) is 8.36. The fraction of sp³-hybridized carbons (Fsp3) is 0.400. The Labute approximate surface area is 158 Å². The molecule has 0 fully saturated rings. The number of ether oxygens (including phenoxy) is 2. The topological polar surface area (TPSA) is 51.7 Å². The minimum Gasteiger partial charge on any atom is -0.493 e. The van der Waals surface area contributed by atoms with Gasteiger partial charge in [-0.25, -0.2) is 4.98 Å². The number of nitrogens with zero attached hydrogens (tertiary/aromatic N) is 2. The van der Waals surface area contributed by atoms with Crippen LogP contribution in [0.5, 0.6) is 11.5 Å². The summed E-state index contributed by atoms with van der Waals surface area (Å²) in [5.41, 5.74) is 2.03. The van der Waals surface area contributed by atoms with Gasteiger partial charge in [0.05, 0.1) is 26.3 Å². The van der Waals surface area contributed by atoms with Crippen LogP contribution in [0.15, 0.2) is 30.9 Å². The summed E-state index contributed by atoms with van der Waals surface area (Å²) < 4.78 is 10.6. The quantitative estimate of drug-likeness (QED) is 0.694. The van der Waals surface area contributed by atoms with E-state index in [1.165, 1.54) is 17.7 Å². The van der Waals surface area contributed by atoms with Crippen LogP contribution in [0.4, 0.5) is 5.13 Å². The minimum absolute atomic E-state index is 0.00298. The summed E-state index contributed by atoms with van der Waals surface area (Å²) in [6.45, 7) is 4.25. The number of thiazole rings is 1. The second-order valence-electron chi connectivity index (χ2n) is 6.23. The van der Waals surface area contributed by atoms with Crippen molar-refractivity contribution < 1.29 is 14.3 Å². The zero-order chi connectivity index (χ0) is 18.5. The van der Waals surface area contributed by atoms with Crippen molar-refractivity contribution in [3.63, 3.8) is 0 Å². The van der Waals surface area contributed by atoms with Crippen molar-refractivity contribution in [1.82, 2.24) is 4.98 Å². The Morgan fingerprint density at radius 1 is 1.27 bits per heavy atom. The van der Waals surface area contributed by atoms with Gasteiger partial charge in [0.2, 0.25) is 5.91 Å². The van der Waals surface area contributed by atoms with Gasteiger partial charge in [-0.1, -0.05) is 12.1 Å². The van der Waals surface area contributed by atoms with Gasteiger partial charge in [0.15, 0.2) is 16.6 Å². The van der Waals surface area contributed by atoms with Crippen molar-refractivity contribution in [3.05, 3.63) is 47.0 Å². The SMILES string of the molecule is C=CCN(C(=O)Cc1ccc(OC)c(OC)c1)c1nc2c(s1)CCCC2. The molecule has 1 aliphatic rings. The van der Waals surface area contributed by atoms with Gasteiger partial charge in [-0.05, 0) is 43.4 Å². The summed E-state index contributed by atoms with van der Waals surface area (Å²) in [5, 5.41) is 0.780. The largest absolute Gasteiger partial charge is 0.493 e. The third kappa shape index (κ3) is 3.90. The molecule has 0 radical (unpaired) electrons. The Kier molecular flexibility index (Phi) is 5.93. The first-order chi connectivity index (χ1) is 12.7. The first-order valence-electron chi connectivity index (χ1n) is 8.77. The van der Waals surface area contributed by atoms with Gasteiger partial charge in [-0.2, -0.15) is 0 Å². The van der Waals surface area contributed by atoms with Crippen LogP contribution in [0.1, 0.15) is 29.0 Å². The van der Waals surface area contributed by atoms with Gasteiger partial charge in [-0.3, -0.25) is 9.69 Å². The lowest BCUT2D eigenvalue weighted by molar-refractivity contribution is -0.117. The van der Waals surface area contributed by atoms with E-state index in [1.807, 2.05) is 18.2 Å². The van der Waals surface area contributed by atoms with E-state index in [0.717, 1.165) is 29.2 Å². The van der Waals surface area contributed by atoms with E-state index in [2.05, 4.69) is 6.58 Å². The van der Waals surface area contributed by atoms with Gasteiger partial charge in [0.25, 0.3) is 0 Å². The highest BCUT2D eigenvalue weighted by Gasteiger charge is 2.22. The maximum Gasteiger partial charge on any atom is 0.233 e. The molecule has 138 valence electrons. The third-order valence-corrected chi connectivity index (χ3v) is 5.66. The molecule has 0 unspecified atom stereocenters. The predicted octanol–water partition coefficient (Wildman–Crippen LogP) is 3.80. The summed E-state index contributed by atoms with van der Waals surface area (Å²) in [4.78, 5) is 20.7. The monoisotopic (exact) mass is 372 g/mol. The number of benzene rings is 1. The van der Waals surface area contributed by atoms with Crippen LogP contribution in [0.2, 0.25) is 0 Å². The number of amides is 1.